The fourth-order valence-electron chi connectivity index (χ4n) is 3.92. The number of hydrogen-bond acceptors (Lipinski definition) is 5. The van der Waals surface area contributed by atoms with E-state index >= 15 is 0 Å². The van der Waals surface area contributed by atoms with Crippen LogP contribution in [-0.2, 0) is 9.59 Å². The summed E-state index contributed by atoms with van der Waals surface area (Å²) in [5, 5.41) is 7.53. The van der Waals surface area contributed by atoms with Crippen molar-refractivity contribution in [2.24, 2.45) is 11.7 Å². The molecule has 1 aromatic heterocycles. The van der Waals surface area contributed by atoms with E-state index in [1.165, 1.54) is 43.4 Å². The number of anilines is 2. The minimum Gasteiger partial charge on any atom is -0.369 e. The highest BCUT2D eigenvalue weighted by molar-refractivity contribution is 7.12. The lowest BCUT2D eigenvalue weighted by molar-refractivity contribution is -0.121. The summed E-state index contributed by atoms with van der Waals surface area (Å²) in [6.07, 6.45) is 7.28. The third-order valence-corrected chi connectivity index (χ3v) is 6.37. The summed E-state index contributed by atoms with van der Waals surface area (Å²) in [6.45, 7) is 0.884. The minimum atomic E-state index is -0.428. The van der Waals surface area contributed by atoms with Gasteiger partial charge in [0.1, 0.15) is 0 Å². The number of nitrogens with two attached hydrogens (primary N) is 1. The zero-order valence-electron chi connectivity index (χ0n) is 17.6. The second-order valence-corrected chi connectivity index (χ2v) is 8.97. The van der Waals surface area contributed by atoms with Crippen LogP contribution < -0.4 is 16.4 Å². The zero-order chi connectivity index (χ0) is 22.1. The normalized spacial score (nSPS) is 14.4. The molecule has 1 fully saturated rings. The monoisotopic (exact) mass is 442 g/mol. The molecule has 1 aromatic carbocycles. The van der Waals surface area contributed by atoms with Crippen molar-refractivity contribution in [3.8, 4) is 0 Å². The Bertz CT molecular complexity index is 861. The molecule has 8 heteroatoms. The molecule has 0 bridgehead atoms. The predicted molar refractivity (Wildman–Crippen MR) is 124 cm³/mol. The van der Waals surface area contributed by atoms with Crippen LogP contribution in [0.1, 0.15) is 48.2 Å². The van der Waals surface area contributed by atoms with Gasteiger partial charge in [0.2, 0.25) is 11.8 Å². The maximum absolute atomic E-state index is 12.5. The van der Waals surface area contributed by atoms with Crippen molar-refractivity contribution in [3.63, 3.8) is 0 Å². The summed E-state index contributed by atoms with van der Waals surface area (Å²) in [4.78, 5) is 38.5. The zero-order valence-corrected chi connectivity index (χ0v) is 18.5. The first-order valence-electron chi connectivity index (χ1n) is 10.7. The number of rotatable bonds is 10. The highest BCUT2D eigenvalue weighted by Gasteiger charge is 2.18. The molecule has 1 aliphatic carbocycles. The van der Waals surface area contributed by atoms with Gasteiger partial charge in [-0.25, -0.2) is 0 Å². The first-order chi connectivity index (χ1) is 15.0. The molecule has 4 N–H and O–H groups in total. The van der Waals surface area contributed by atoms with Gasteiger partial charge in [-0.05, 0) is 54.6 Å². The van der Waals surface area contributed by atoms with E-state index in [0.29, 0.717) is 28.7 Å². The highest BCUT2D eigenvalue weighted by atomic mass is 32.1. The molecule has 0 saturated heterocycles. The fourth-order valence-corrected chi connectivity index (χ4v) is 4.54. The summed E-state index contributed by atoms with van der Waals surface area (Å²) in [5.41, 5.74) is 6.66. The maximum atomic E-state index is 12.5. The number of carbonyl (C=O) groups excluding carboxylic acids is 3. The van der Waals surface area contributed by atoms with Crippen molar-refractivity contribution < 1.29 is 14.4 Å². The summed E-state index contributed by atoms with van der Waals surface area (Å²) in [5.74, 6) is -0.112. The quantitative estimate of drug-likeness (QED) is 0.522. The molecule has 3 rings (SSSR count). The second-order valence-electron chi connectivity index (χ2n) is 8.03. The number of benzene rings is 1. The maximum Gasteiger partial charge on any atom is 0.265 e. The van der Waals surface area contributed by atoms with Gasteiger partial charge >= 0.3 is 0 Å². The molecule has 0 spiro atoms. The van der Waals surface area contributed by atoms with E-state index in [1.54, 1.807) is 30.3 Å². The van der Waals surface area contributed by atoms with Gasteiger partial charge in [0.05, 0.1) is 18.0 Å². The standard InChI is InChI=1S/C23H30N4O3S/c24-21(28)15-27(13-12-17-5-2-1-3-6-17)16-22(29)25-18-8-10-19(11-9-18)26-23(30)20-7-4-14-31-20/h4,7-11,14,17H,1-3,5-6,12-13,15-16H2,(H2,24,28)(H,25,29)(H,26,30). The molecular formula is C23H30N4O3S. The molecular weight excluding hydrogens is 412 g/mol. The number of amides is 3. The fraction of sp³-hybridized carbons (Fsp3) is 0.435. The Morgan fingerprint density at radius 1 is 0.968 bits per heavy atom. The largest absolute Gasteiger partial charge is 0.369 e. The summed E-state index contributed by atoms with van der Waals surface area (Å²) in [6, 6.07) is 10.6. The third-order valence-electron chi connectivity index (χ3n) is 5.50. The van der Waals surface area contributed by atoms with Crippen LogP contribution in [0.4, 0.5) is 11.4 Å². The predicted octanol–water partition coefficient (Wildman–Crippen LogP) is 3.70. The Morgan fingerprint density at radius 2 is 1.65 bits per heavy atom. The molecule has 1 saturated carbocycles. The van der Waals surface area contributed by atoms with Gasteiger partial charge in [-0.3, -0.25) is 19.3 Å². The Balaban J connectivity index is 1.48. The molecule has 31 heavy (non-hydrogen) atoms. The Labute approximate surface area is 187 Å². The number of hydrogen-bond donors (Lipinski definition) is 3. The van der Waals surface area contributed by atoms with Crippen LogP contribution in [0.3, 0.4) is 0 Å². The van der Waals surface area contributed by atoms with Gasteiger partial charge < -0.3 is 16.4 Å². The van der Waals surface area contributed by atoms with Gasteiger partial charge in [0.15, 0.2) is 0 Å². The lowest BCUT2D eigenvalue weighted by atomic mass is 9.87. The van der Waals surface area contributed by atoms with E-state index in [4.69, 9.17) is 5.73 Å². The van der Waals surface area contributed by atoms with Gasteiger partial charge in [-0.15, -0.1) is 11.3 Å². The van der Waals surface area contributed by atoms with Crippen molar-refractivity contribution in [3.05, 3.63) is 46.7 Å². The van der Waals surface area contributed by atoms with Crippen LogP contribution in [-0.4, -0.2) is 42.3 Å². The van der Waals surface area contributed by atoms with E-state index < -0.39 is 5.91 Å². The first kappa shape index (κ1) is 23.0. The Hall–Kier alpha value is -2.71. The van der Waals surface area contributed by atoms with Crippen molar-refractivity contribution in [2.45, 2.75) is 38.5 Å². The van der Waals surface area contributed by atoms with Gasteiger partial charge in [0, 0.05) is 11.4 Å². The summed E-state index contributed by atoms with van der Waals surface area (Å²) >= 11 is 1.38. The van der Waals surface area contributed by atoms with Gasteiger partial charge in [-0.1, -0.05) is 38.2 Å². The summed E-state index contributed by atoms with van der Waals surface area (Å²) in [7, 11) is 0. The number of carbonyl (C=O) groups is 3. The number of nitrogens with zero attached hydrogens (tertiary/aromatic N) is 1. The topological polar surface area (TPSA) is 105 Å². The molecule has 0 unspecified atom stereocenters. The van der Waals surface area contributed by atoms with E-state index in [0.717, 1.165) is 6.42 Å². The van der Waals surface area contributed by atoms with Crippen LogP contribution >= 0.6 is 11.3 Å². The molecule has 1 heterocycles. The summed E-state index contributed by atoms with van der Waals surface area (Å²) < 4.78 is 0. The Morgan fingerprint density at radius 3 is 2.26 bits per heavy atom. The van der Waals surface area contributed by atoms with Crippen LogP contribution in [0, 0.1) is 5.92 Å². The van der Waals surface area contributed by atoms with Crippen molar-refractivity contribution >= 4 is 40.4 Å². The molecule has 166 valence electrons. The van der Waals surface area contributed by atoms with E-state index in [9.17, 15) is 14.4 Å². The van der Waals surface area contributed by atoms with E-state index in [1.807, 2.05) is 16.3 Å². The lowest BCUT2D eigenvalue weighted by Gasteiger charge is -2.26. The van der Waals surface area contributed by atoms with E-state index in [2.05, 4.69) is 10.6 Å². The van der Waals surface area contributed by atoms with Crippen molar-refractivity contribution in [1.82, 2.24) is 4.90 Å². The Kier molecular flexibility index (Phi) is 8.61. The number of nitrogens with one attached hydrogen (secondary N) is 2. The molecule has 2 aromatic rings. The highest BCUT2D eigenvalue weighted by Crippen LogP contribution is 2.26. The third kappa shape index (κ3) is 7.80. The molecule has 3 amide bonds. The van der Waals surface area contributed by atoms with E-state index in [-0.39, 0.29) is 24.9 Å². The average molecular weight is 443 g/mol. The molecule has 1 aliphatic rings. The van der Waals surface area contributed by atoms with Gasteiger partial charge in [-0.2, -0.15) is 0 Å². The molecule has 0 aliphatic heterocycles. The number of primary amides is 1. The van der Waals surface area contributed by atoms with Crippen molar-refractivity contribution in [1.29, 1.82) is 0 Å². The van der Waals surface area contributed by atoms with Crippen LogP contribution in [0.25, 0.3) is 0 Å². The van der Waals surface area contributed by atoms with Crippen LogP contribution in [0.2, 0.25) is 0 Å². The lowest BCUT2D eigenvalue weighted by Crippen LogP contribution is -2.40. The van der Waals surface area contributed by atoms with Crippen LogP contribution in [0.15, 0.2) is 41.8 Å². The SMILES string of the molecule is NC(=O)CN(CCC1CCCCC1)CC(=O)Nc1ccc(NC(=O)c2cccs2)cc1. The van der Waals surface area contributed by atoms with Crippen molar-refractivity contribution in [2.75, 3.05) is 30.3 Å². The second kappa shape index (κ2) is 11.6. The molecule has 7 nitrogen and oxygen atoms in total. The molecule has 0 atom stereocenters. The average Bonchev–Trinajstić information content (AvgIpc) is 3.29. The van der Waals surface area contributed by atoms with Crippen LogP contribution in [0.5, 0.6) is 0 Å². The van der Waals surface area contributed by atoms with Gasteiger partial charge in [0.25, 0.3) is 5.91 Å². The first-order valence-corrected chi connectivity index (χ1v) is 11.6. The number of thiophene rings is 1. The molecule has 0 radical (unpaired) electrons. The minimum absolute atomic E-state index is 0.0772. The smallest absolute Gasteiger partial charge is 0.265 e.